The van der Waals surface area contributed by atoms with Gasteiger partial charge in [0.1, 0.15) is 17.3 Å². The van der Waals surface area contributed by atoms with Gasteiger partial charge in [0.2, 0.25) is 0 Å². The van der Waals surface area contributed by atoms with Crippen molar-refractivity contribution >= 4 is 27.9 Å². The van der Waals surface area contributed by atoms with Crippen molar-refractivity contribution in [1.82, 2.24) is 14.5 Å². The Morgan fingerprint density at radius 3 is 2.31 bits per heavy atom. The number of aromatic carboxylic acids is 1. The number of aromatic hydroxyl groups is 2. The first-order valence-corrected chi connectivity index (χ1v) is 12.2. The molecule has 7 nitrogen and oxygen atoms in total. The molecule has 0 spiro atoms. The van der Waals surface area contributed by atoms with Crippen LogP contribution in [0.2, 0.25) is 0 Å². The molecule has 0 aliphatic heterocycles. The van der Waals surface area contributed by atoms with E-state index in [-0.39, 0.29) is 17.1 Å². The van der Waals surface area contributed by atoms with E-state index in [1.807, 2.05) is 30.3 Å². The van der Waals surface area contributed by atoms with Crippen LogP contribution >= 0.6 is 0 Å². The second kappa shape index (κ2) is 8.68. The Labute approximate surface area is 207 Å². The Hall–Kier alpha value is -4.39. The SMILES string of the molecule is O=C(O)c1ccc2c(c1)nc(-c1ccc3nc(-c4cc(O)cc(O)c4)ccc3c1)n2C1CCCCC1. The minimum atomic E-state index is -0.960. The summed E-state index contributed by atoms with van der Waals surface area (Å²) in [6, 6.07) is 19.8. The maximum Gasteiger partial charge on any atom is 0.335 e. The molecule has 0 saturated heterocycles. The third-order valence-electron chi connectivity index (χ3n) is 7.02. The normalized spacial score (nSPS) is 14.4. The Kier molecular flexibility index (Phi) is 5.33. The third kappa shape index (κ3) is 3.92. The maximum absolute atomic E-state index is 11.6. The highest BCUT2D eigenvalue weighted by Gasteiger charge is 2.23. The van der Waals surface area contributed by atoms with Gasteiger partial charge in [0.25, 0.3) is 0 Å². The fraction of sp³-hybridized carbons (Fsp3) is 0.207. The van der Waals surface area contributed by atoms with Crippen LogP contribution in [0.1, 0.15) is 48.5 Å². The molecule has 0 atom stereocenters. The van der Waals surface area contributed by atoms with Crippen molar-refractivity contribution in [2.45, 2.75) is 38.1 Å². The van der Waals surface area contributed by atoms with E-state index < -0.39 is 5.97 Å². The highest BCUT2D eigenvalue weighted by Crippen LogP contribution is 2.37. The molecule has 3 aromatic carbocycles. The van der Waals surface area contributed by atoms with Crippen molar-refractivity contribution in [3.63, 3.8) is 0 Å². The van der Waals surface area contributed by atoms with Crippen LogP contribution in [0.3, 0.4) is 0 Å². The van der Waals surface area contributed by atoms with Crippen molar-refractivity contribution in [1.29, 1.82) is 0 Å². The van der Waals surface area contributed by atoms with Gasteiger partial charge in [0.15, 0.2) is 0 Å². The van der Waals surface area contributed by atoms with Crippen LogP contribution in [0.5, 0.6) is 11.5 Å². The number of imidazole rings is 1. The summed E-state index contributed by atoms with van der Waals surface area (Å²) in [7, 11) is 0. The number of hydrogen-bond donors (Lipinski definition) is 3. The smallest absolute Gasteiger partial charge is 0.335 e. The van der Waals surface area contributed by atoms with Gasteiger partial charge in [0, 0.05) is 28.6 Å². The van der Waals surface area contributed by atoms with Crippen molar-refractivity contribution in [2.75, 3.05) is 0 Å². The topological polar surface area (TPSA) is 108 Å². The monoisotopic (exact) mass is 479 g/mol. The van der Waals surface area contributed by atoms with E-state index in [1.165, 1.54) is 25.3 Å². The molecule has 36 heavy (non-hydrogen) atoms. The lowest BCUT2D eigenvalue weighted by Gasteiger charge is -2.25. The Morgan fingerprint density at radius 1 is 0.778 bits per heavy atom. The van der Waals surface area contributed by atoms with Gasteiger partial charge in [-0.1, -0.05) is 25.3 Å². The Balaban J connectivity index is 1.47. The van der Waals surface area contributed by atoms with E-state index in [1.54, 1.807) is 24.3 Å². The molecule has 1 aliphatic carbocycles. The quantitative estimate of drug-likeness (QED) is 0.270. The lowest BCUT2D eigenvalue weighted by molar-refractivity contribution is 0.0697. The molecule has 1 saturated carbocycles. The second-order valence-electron chi connectivity index (χ2n) is 9.45. The van der Waals surface area contributed by atoms with E-state index in [9.17, 15) is 20.1 Å². The number of fused-ring (bicyclic) bond motifs is 2. The van der Waals surface area contributed by atoms with Gasteiger partial charge in [0.05, 0.1) is 27.8 Å². The Bertz CT molecular complexity index is 1610. The maximum atomic E-state index is 11.6. The minimum Gasteiger partial charge on any atom is -0.508 e. The average Bonchev–Trinajstić information content (AvgIpc) is 3.27. The van der Waals surface area contributed by atoms with Crippen LogP contribution in [-0.4, -0.2) is 35.8 Å². The first-order valence-electron chi connectivity index (χ1n) is 12.2. The molecular formula is C29H25N3O4. The van der Waals surface area contributed by atoms with Crippen LogP contribution in [0.4, 0.5) is 0 Å². The molecule has 5 aromatic rings. The van der Waals surface area contributed by atoms with E-state index in [0.717, 1.165) is 40.6 Å². The molecule has 1 aliphatic rings. The molecule has 2 aromatic heterocycles. The summed E-state index contributed by atoms with van der Waals surface area (Å²) in [4.78, 5) is 21.2. The van der Waals surface area contributed by atoms with E-state index in [0.29, 0.717) is 22.8 Å². The predicted molar refractivity (Wildman–Crippen MR) is 138 cm³/mol. The summed E-state index contributed by atoms with van der Waals surface area (Å²) in [6.07, 6.45) is 5.74. The molecule has 180 valence electrons. The molecule has 0 radical (unpaired) electrons. The number of hydrogen-bond acceptors (Lipinski definition) is 5. The van der Waals surface area contributed by atoms with Crippen molar-refractivity contribution < 1.29 is 20.1 Å². The molecule has 1 fully saturated rings. The zero-order valence-electron chi connectivity index (χ0n) is 19.6. The van der Waals surface area contributed by atoms with Crippen molar-refractivity contribution in [3.8, 4) is 34.1 Å². The summed E-state index contributed by atoms with van der Waals surface area (Å²) in [5.74, 6) is -0.161. The standard InChI is InChI=1S/C29H25N3O4/c33-22-13-20(14-23(34)16-22)25-9-6-17-12-18(7-10-24(17)30-25)28-31-26-15-19(29(35)36)8-11-27(26)32(28)21-4-2-1-3-5-21/h6-16,21,33-34H,1-5H2,(H,35,36). The van der Waals surface area contributed by atoms with E-state index in [4.69, 9.17) is 9.97 Å². The number of carboxylic acid groups (broad SMARTS) is 1. The molecule has 6 rings (SSSR count). The number of phenolic OH excluding ortho intramolecular Hbond substituents is 2. The summed E-state index contributed by atoms with van der Waals surface area (Å²) >= 11 is 0. The van der Waals surface area contributed by atoms with Gasteiger partial charge in [-0.15, -0.1) is 0 Å². The lowest BCUT2D eigenvalue weighted by Crippen LogP contribution is -2.14. The number of phenols is 2. The molecule has 0 bridgehead atoms. The number of rotatable bonds is 4. The number of nitrogens with zero attached hydrogens (tertiary/aromatic N) is 3. The van der Waals surface area contributed by atoms with Gasteiger partial charge in [-0.2, -0.15) is 0 Å². The summed E-state index contributed by atoms with van der Waals surface area (Å²) in [5, 5.41) is 30.1. The van der Waals surface area contributed by atoms with Crippen LogP contribution in [0, 0.1) is 0 Å². The molecule has 7 heteroatoms. The van der Waals surface area contributed by atoms with Gasteiger partial charge >= 0.3 is 5.97 Å². The van der Waals surface area contributed by atoms with Crippen molar-refractivity contribution in [3.05, 3.63) is 72.3 Å². The highest BCUT2D eigenvalue weighted by molar-refractivity contribution is 5.94. The van der Waals surface area contributed by atoms with Gasteiger partial charge in [-0.3, -0.25) is 0 Å². The fourth-order valence-corrected chi connectivity index (χ4v) is 5.31. The predicted octanol–water partition coefficient (Wildman–Crippen LogP) is 6.53. The van der Waals surface area contributed by atoms with Crippen LogP contribution in [-0.2, 0) is 0 Å². The molecule has 3 N–H and O–H groups in total. The summed E-state index contributed by atoms with van der Waals surface area (Å²) in [5.41, 5.74) is 4.89. The first-order chi connectivity index (χ1) is 17.5. The number of pyridine rings is 1. The fourth-order valence-electron chi connectivity index (χ4n) is 5.31. The zero-order chi connectivity index (χ0) is 24.8. The lowest BCUT2D eigenvalue weighted by atomic mass is 9.94. The zero-order valence-corrected chi connectivity index (χ0v) is 19.6. The summed E-state index contributed by atoms with van der Waals surface area (Å²) < 4.78 is 2.29. The van der Waals surface area contributed by atoms with Crippen LogP contribution in [0.15, 0.2) is 66.7 Å². The Morgan fingerprint density at radius 2 is 1.56 bits per heavy atom. The van der Waals surface area contributed by atoms with E-state index in [2.05, 4.69) is 10.6 Å². The molecule has 2 heterocycles. The average molecular weight is 480 g/mol. The molecule has 0 unspecified atom stereocenters. The van der Waals surface area contributed by atoms with Crippen molar-refractivity contribution in [2.24, 2.45) is 0 Å². The van der Waals surface area contributed by atoms with Gasteiger partial charge < -0.3 is 19.9 Å². The molecular weight excluding hydrogens is 454 g/mol. The van der Waals surface area contributed by atoms with E-state index >= 15 is 0 Å². The number of carboxylic acids is 1. The number of aromatic nitrogens is 3. The first kappa shape index (κ1) is 22.1. The number of carbonyl (C=O) groups is 1. The van der Waals surface area contributed by atoms with Gasteiger partial charge in [-0.25, -0.2) is 14.8 Å². The van der Waals surface area contributed by atoms with Gasteiger partial charge in [-0.05, 0) is 67.4 Å². The van der Waals surface area contributed by atoms with Crippen LogP contribution in [0.25, 0.3) is 44.6 Å². The largest absolute Gasteiger partial charge is 0.508 e. The summed E-state index contributed by atoms with van der Waals surface area (Å²) in [6.45, 7) is 0. The number of benzene rings is 3. The van der Waals surface area contributed by atoms with Crippen LogP contribution < -0.4 is 0 Å². The third-order valence-corrected chi connectivity index (χ3v) is 7.02. The molecule has 0 amide bonds. The minimum absolute atomic E-state index is 0.0186. The highest BCUT2D eigenvalue weighted by atomic mass is 16.4. The second-order valence-corrected chi connectivity index (χ2v) is 9.45.